The van der Waals surface area contributed by atoms with Crippen molar-refractivity contribution in [2.75, 3.05) is 19.6 Å². The van der Waals surface area contributed by atoms with Gasteiger partial charge in [0.2, 0.25) is 0 Å². The van der Waals surface area contributed by atoms with Gasteiger partial charge in [-0.05, 0) is 45.0 Å². The molecular weight excluding hydrogens is 277 g/mol. The highest BCUT2D eigenvalue weighted by molar-refractivity contribution is 5.20. The fourth-order valence-electron chi connectivity index (χ4n) is 2.70. The number of halogens is 3. The molecular formula is C16H23F3N2. The van der Waals surface area contributed by atoms with Crippen molar-refractivity contribution in [1.82, 2.24) is 10.2 Å². The summed E-state index contributed by atoms with van der Waals surface area (Å²) in [5, 5.41) is 3.25. The number of likely N-dealkylation sites (tertiary alicyclic amines) is 1. The fraction of sp³-hybridized carbons (Fsp3) is 0.625. The number of benzene rings is 1. The normalized spacial score (nSPS) is 17.3. The van der Waals surface area contributed by atoms with Crippen LogP contribution in [0.5, 0.6) is 0 Å². The lowest BCUT2D eigenvalue weighted by Crippen LogP contribution is -2.42. The van der Waals surface area contributed by atoms with E-state index in [-0.39, 0.29) is 12.1 Å². The molecule has 1 N–H and O–H groups in total. The maximum absolute atomic E-state index is 13.5. The van der Waals surface area contributed by atoms with Gasteiger partial charge in [0.05, 0.1) is 0 Å². The summed E-state index contributed by atoms with van der Waals surface area (Å²) in [4.78, 5) is 2.44. The molecule has 118 valence electrons. The van der Waals surface area contributed by atoms with Crippen LogP contribution in [0.3, 0.4) is 0 Å². The molecule has 1 heterocycles. The molecule has 0 bridgehead atoms. The minimum Gasteiger partial charge on any atom is -0.310 e. The van der Waals surface area contributed by atoms with E-state index in [1.165, 1.54) is 12.8 Å². The van der Waals surface area contributed by atoms with Gasteiger partial charge in [0, 0.05) is 24.2 Å². The monoisotopic (exact) mass is 300 g/mol. The van der Waals surface area contributed by atoms with Gasteiger partial charge in [0.1, 0.15) is 5.82 Å². The summed E-state index contributed by atoms with van der Waals surface area (Å²) in [5.41, 5.74) is 0.183. The molecule has 0 unspecified atom stereocenters. The van der Waals surface area contributed by atoms with Crippen molar-refractivity contribution in [2.45, 2.75) is 45.2 Å². The second kappa shape index (κ2) is 7.80. The van der Waals surface area contributed by atoms with Crippen LogP contribution in [0.4, 0.5) is 13.2 Å². The zero-order valence-electron chi connectivity index (χ0n) is 12.5. The smallest absolute Gasteiger partial charge is 0.161 e. The zero-order valence-corrected chi connectivity index (χ0v) is 12.5. The highest BCUT2D eigenvalue weighted by Gasteiger charge is 2.19. The molecule has 0 amide bonds. The Kier molecular flexibility index (Phi) is 6.06. The Bertz CT molecular complexity index is 457. The van der Waals surface area contributed by atoms with E-state index in [1.54, 1.807) is 0 Å². The maximum atomic E-state index is 13.5. The van der Waals surface area contributed by atoms with Crippen molar-refractivity contribution < 1.29 is 13.2 Å². The number of hydrogen-bond acceptors (Lipinski definition) is 2. The van der Waals surface area contributed by atoms with Crippen molar-refractivity contribution in [3.63, 3.8) is 0 Å². The lowest BCUT2D eigenvalue weighted by molar-refractivity contribution is 0.194. The Morgan fingerprint density at radius 1 is 1.10 bits per heavy atom. The number of piperidine rings is 1. The standard InChI is InChI=1S/C16H23F3N2/c1-2-3-6-21-7-4-13(5-8-21)20-11-12-9-15(18)16(19)10-14(12)17/h9-10,13,20H,2-8,11H2,1H3. The molecule has 1 saturated heterocycles. The van der Waals surface area contributed by atoms with E-state index in [0.29, 0.717) is 12.1 Å². The molecule has 0 aliphatic carbocycles. The highest BCUT2D eigenvalue weighted by atomic mass is 19.2. The molecule has 5 heteroatoms. The summed E-state index contributed by atoms with van der Waals surface area (Å²) < 4.78 is 39.5. The van der Waals surface area contributed by atoms with E-state index >= 15 is 0 Å². The molecule has 1 aliphatic heterocycles. The molecule has 0 spiro atoms. The van der Waals surface area contributed by atoms with Crippen molar-refractivity contribution in [1.29, 1.82) is 0 Å². The van der Waals surface area contributed by atoms with Gasteiger partial charge in [-0.3, -0.25) is 0 Å². The van der Waals surface area contributed by atoms with Crippen LogP contribution in [0.25, 0.3) is 0 Å². The summed E-state index contributed by atoms with van der Waals surface area (Å²) in [6.45, 7) is 5.64. The highest BCUT2D eigenvalue weighted by Crippen LogP contribution is 2.16. The molecule has 0 saturated carbocycles. The quantitative estimate of drug-likeness (QED) is 0.809. The average Bonchev–Trinajstić information content (AvgIpc) is 2.48. The summed E-state index contributed by atoms with van der Waals surface area (Å²) in [6, 6.07) is 1.86. The first-order chi connectivity index (χ1) is 10.1. The summed E-state index contributed by atoms with van der Waals surface area (Å²) >= 11 is 0. The van der Waals surface area contributed by atoms with Gasteiger partial charge >= 0.3 is 0 Å². The van der Waals surface area contributed by atoms with E-state index in [4.69, 9.17) is 0 Å². The third kappa shape index (κ3) is 4.71. The van der Waals surface area contributed by atoms with Crippen LogP contribution in [-0.2, 0) is 6.54 Å². The largest absolute Gasteiger partial charge is 0.310 e. The van der Waals surface area contributed by atoms with Gasteiger partial charge < -0.3 is 10.2 Å². The Morgan fingerprint density at radius 2 is 1.76 bits per heavy atom. The van der Waals surface area contributed by atoms with Crippen molar-refractivity contribution in [2.24, 2.45) is 0 Å². The molecule has 0 aromatic heterocycles. The van der Waals surface area contributed by atoms with Gasteiger partial charge in [0.15, 0.2) is 11.6 Å². The van der Waals surface area contributed by atoms with Crippen molar-refractivity contribution in [3.05, 3.63) is 35.1 Å². The van der Waals surface area contributed by atoms with Crippen LogP contribution in [0.15, 0.2) is 12.1 Å². The van der Waals surface area contributed by atoms with E-state index < -0.39 is 17.5 Å². The predicted octanol–water partition coefficient (Wildman–Crippen LogP) is 3.46. The SMILES string of the molecule is CCCCN1CCC(NCc2cc(F)c(F)cc2F)CC1. The van der Waals surface area contributed by atoms with Gasteiger partial charge in [-0.25, -0.2) is 13.2 Å². The molecule has 21 heavy (non-hydrogen) atoms. The Morgan fingerprint density at radius 3 is 2.43 bits per heavy atom. The second-order valence-electron chi connectivity index (χ2n) is 5.71. The lowest BCUT2D eigenvalue weighted by Gasteiger charge is -2.32. The number of nitrogens with one attached hydrogen (secondary N) is 1. The van der Waals surface area contributed by atoms with Crippen LogP contribution >= 0.6 is 0 Å². The van der Waals surface area contributed by atoms with E-state index in [2.05, 4.69) is 17.1 Å². The summed E-state index contributed by atoms with van der Waals surface area (Å²) in [7, 11) is 0. The Labute approximate surface area is 124 Å². The van der Waals surface area contributed by atoms with E-state index in [1.807, 2.05) is 0 Å². The maximum Gasteiger partial charge on any atom is 0.161 e. The molecule has 1 aromatic carbocycles. The fourth-order valence-corrected chi connectivity index (χ4v) is 2.70. The number of rotatable bonds is 6. The van der Waals surface area contributed by atoms with Crippen LogP contribution in [0, 0.1) is 17.5 Å². The first-order valence-electron chi connectivity index (χ1n) is 7.69. The van der Waals surface area contributed by atoms with Gasteiger partial charge in [-0.15, -0.1) is 0 Å². The average molecular weight is 300 g/mol. The third-order valence-electron chi connectivity index (χ3n) is 4.09. The third-order valence-corrected chi connectivity index (χ3v) is 4.09. The molecule has 1 aliphatic rings. The van der Waals surface area contributed by atoms with Crippen molar-refractivity contribution >= 4 is 0 Å². The first kappa shape index (κ1) is 16.3. The number of nitrogens with zero attached hydrogens (tertiary/aromatic N) is 1. The van der Waals surface area contributed by atoms with Crippen molar-refractivity contribution in [3.8, 4) is 0 Å². The topological polar surface area (TPSA) is 15.3 Å². The minimum absolute atomic E-state index is 0.183. The molecule has 2 rings (SSSR count). The van der Waals surface area contributed by atoms with E-state index in [9.17, 15) is 13.2 Å². The van der Waals surface area contributed by atoms with Crippen LogP contribution in [0.1, 0.15) is 38.2 Å². The number of unbranched alkanes of at least 4 members (excludes halogenated alkanes) is 1. The second-order valence-corrected chi connectivity index (χ2v) is 5.71. The van der Waals surface area contributed by atoms with Crippen LogP contribution in [0.2, 0.25) is 0 Å². The summed E-state index contributed by atoms with van der Waals surface area (Å²) in [5.74, 6) is -2.83. The van der Waals surface area contributed by atoms with Gasteiger partial charge in [-0.2, -0.15) is 0 Å². The predicted molar refractivity (Wildman–Crippen MR) is 77.5 cm³/mol. The number of hydrogen-bond donors (Lipinski definition) is 1. The van der Waals surface area contributed by atoms with Crippen LogP contribution < -0.4 is 5.32 Å². The van der Waals surface area contributed by atoms with Gasteiger partial charge in [0.25, 0.3) is 0 Å². The zero-order chi connectivity index (χ0) is 15.2. The molecule has 0 atom stereocenters. The molecule has 1 aromatic rings. The molecule has 2 nitrogen and oxygen atoms in total. The van der Waals surface area contributed by atoms with Gasteiger partial charge in [-0.1, -0.05) is 13.3 Å². The molecule has 0 radical (unpaired) electrons. The molecule has 1 fully saturated rings. The first-order valence-corrected chi connectivity index (χ1v) is 7.69. The Hall–Kier alpha value is -1.07. The minimum atomic E-state index is -1.14. The van der Waals surface area contributed by atoms with Crippen LogP contribution in [-0.4, -0.2) is 30.6 Å². The lowest BCUT2D eigenvalue weighted by atomic mass is 10.0. The Balaban J connectivity index is 1.78. The van der Waals surface area contributed by atoms with E-state index in [0.717, 1.165) is 38.5 Å². The summed E-state index contributed by atoms with van der Waals surface area (Å²) in [6.07, 6.45) is 4.44.